The summed E-state index contributed by atoms with van der Waals surface area (Å²) in [6, 6.07) is 67.8. The zero-order chi connectivity index (χ0) is 41.1. The number of benzene rings is 9. The highest BCUT2D eigenvalue weighted by Crippen LogP contribution is 2.65. The number of hydrogen-bond donors (Lipinski definition) is 0. The molecule has 0 amide bonds. The molecule has 0 heterocycles. The smallest absolute Gasteiger partial charge is 0.0000944 e. The zero-order valence-electron chi connectivity index (χ0n) is 34.6. The fraction of sp³-hybridized carbons (Fsp3) is 0.0323. The zero-order valence-corrected chi connectivity index (χ0v) is 34.6. The predicted molar refractivity (Wildman–Crippen MR) is 265 cm³/mol. The molecular formula is C62H40. The molecule has 4 aliphatic carbocycles. The Labute approximate surface area is 362 Å². The highest BCUT2D eigenvalue weighted by molar-refractivity contribution is 6.41. The van der Waals surface area contributed by atoms with Crippen LogP contribution in [0.1, 0.15) is 66.8 Å². The lowest BCUT2D eigenvalue weighted by Gasteiger charge is -2.25. The van der Waals surface area contributed by atoms with E-state index in [2.05, 4.69) is 220 Å². The molecule has 0 saturated carbocycles. The molecule has 0 aromatic heterocycles. The molecule has 0 N–H and O–H groups in total. The van der Waals surface area contributed by atoms with Gasteiger partial charge in [-0.25, -0.2) is 0 Å². The van der Waals surface area contributed by atoms with Crippen molar-refractivity contribution in [2.75, 3.05) is 0 Å². The summed E-state index contributed by atoms with van der Waals surface area (Å²) in [5.41, 5.74) is 28.3. The van der Waals surface area contributed by atoms with Crippen molar-refractivity contribution in [3.05, 3.63) is 254 Å². The molecule has 4 aliphatic rings. The van der Waals surface area contributed by atoms with Gasteiger partial charge < -0.3 is 0 Å². The lowest BCUT2D eigenvalue weighted by Crippen LogP contribution is -2.04. The van der Waals surface area contributed by atoms with E-state index in [-0.39, 0.29) is 0 Å². The lowest BCUT2D eigenvalue weighted by molar-refractivity contribution is 1.34. The molecule has 9 aromatic rings. The average molecular weight is 785 g/mol. The maximum atomic E-state index is 2.42. The van der Waals surface area contributed by atoms with Gasteiger partial charge in [-0.1, -0.05) is 206 Å². The molecule has 0 nitrogen and oxygen atoms in total. The average Bonchev–Trinajstić information content (AvgIpc) is 4.11. The number of hydrogen-bond acceptors (Lipinski definition) is 0. The van der Waals surface area contributed by atoms with Crippen LogP contribution in [0.3, 0.4) is 0 Å². The fourth-order valence-corrected chi connectivity index (χ4v) is 11.4. The Bertz CT molecular complexity index is 3550. The Balaban J connectivity index is 1.29. The van der Waals surface area contributed by atoms with E-state index in [0.29, 0.717) is 0 Å². The highest BCUT2D eigenvalue weighted by atomic mass is 14.5. The third kappa shape index (κ3) is 4.84. The Kier molecular flexibility index (Phi) is 7.54. The van der Waals surface area contributed by atoms with Crippen LogP contribution in [-0.2, 0) is 0 Å². The van der Waals surface area contributed by atoms with E-state index in [9.17, 15) is 0 Å². The van der Waals surface area contributed by atoms with E-state index in [1.807, 2.05) is 0 Å². The normalized spacial score (nSPS) is 14.3. The maximum absolute atomic E-state index is 2.42. The summed E-state index contributed by atoms with van der Waals surface area (Å²) in [6.45, 7) is 4.79. The van der Waals surface area contributed by atoms with Gasteiger partial charge in [0.15, 0.2) is 0 Å². The summed E-state index contributed by atoms with van der Waals surface area (Å²) in [5.74, 6) is 0. The second-order valence-corrected chi connectivity index (χ2v) is 17.1. The Hall–Kier alpha value is -7.80. The minimum Gasteiger partial charge on any atom is -0.0622 e. The summed E-state index contributed by atoms with van der Waals surface area (Å²) in [7, 11) is 0. The topological polar surface area (TPSA) is 0 Å². The van der Waals surface area contributed by atoms with Gasteiger partial charge in [-0.2, -0.15) is 0 Å². The molecule has 0 unspecified atom stereocenters. The van der Waals surface area contributed by atoms with E-state index in [1.165, 1.54) is 144 Å². The van der Waals surface area contributed by atoms with Crippen LogP contribution in [0.5, 0.6) is 0 Å². The van der Waals surface area contributed by atoms with E-state index < -0.39 is 0 Å². The third-order valence-electron chi connectivity index (χ3n) is 13.9. The largest absolute Gasteiger partial charge is 0.0622 e. The van der Waals surface area contributed by atoms with E-state index in [4.69, 9.17) is 0 Å². The first-order chi connectivity index (χ1) is 30.7. The minimum atomic E-state index is 1.22. The van der Waals surface area contributed by atoms with Crippen LogP contribution in [0.15, 0.2) is 188 Å². The van der Waals surface area contributed by atoms with Crippen LogP contribution >= 0.6 is 0 Å². The Morgan fingerprint density at radius 3 is 1.06 bits per heavy atom. The number of rotatable bonds is 6. The van der Waals surface area contributed by atoms with Crippen molar-refractivity contribution < 1.29 is 0 Å². The monoisotopic (exact) mass is 784 g/mol. The van der Waals surface area contributed by atoms with Gasteiger partial charge in [-0.3, -0.25) is 0 Å². The van der Waals surface area contributed by atoms with E-state index in [1.54, 1.807) is 0 Å². The van der Waals surface area contributed by atoms with Crippen molar-refractivity contribution in [2.45, 2.75) is 13.8 Å². The van der Waals surface area contributed by atoms with Gasteiger partial charge in [0.1, 0.15) is 0 Å². The van der Waals surface area contributed by atoms with Gasteiger partial charge in [-0.05, 0) is 158 Å². The molecule has 0 saturated heterocycles. The van der Waals surface area contributed by atoms with Crippen molar-refractivity contribution in [2.24, 2.45) is 0 Å². The fourth-order valence-electron chi connectivity index (χ4n) is 11.4. The van der Waals surface area contributed by atoms with Crippen molar-refractivity contribution in [3.8, 4) is 22.3 Å². The van der Waals surface area contributed by atoms with Gasteiger partial charge in [0.05, 0.1) is 0 Å². The first-order valence-corrected chi connectivity index (χ1v) is 21.8. The summed E-state index contributed by atoms with van der Waals surface area (Å²) in [6.07, 6.45) is 9.12. The van der Waals surface area contributed by atoms with Crippen LogP contribution in [0, 0.1) is 13.8 Å². The summed E-state index contributed by atoms with van der Waals surface area (Å²) in [5, 5.41) is 5.26. The summed E-state index contributed by atoms with van der Waals surface area (Å²) < 4.78 is 0. The Morgan fingerprint density at radius 1 is 0.242 bits per heavy atom. The second-order valence-electron chi connectivity index (χ2n) is 17.1. The third-order valence-corrected chi connectivity index (χ3v) is 13.9. The lowest BCUT2D eigenvalue weighted by atomic mass is 9.78. The molecule has 0 aliphatic heterocycles. The number of fused-ring (bicyclic) bond motifs is 3. The first-order valence-electron chi connectivity index (χ1n) is 21.8. The highest BCUT2D eigenvalue weighted by Gasteiger charge is 2.43. The maximum Gasteiger partial charge on any atom is -0.0000944 e. The Morgan fingerprint density at radius 2 is 0.613 bits per heavy atom. The van der Waals surface area contributed by atoms with E-state index in [0.717, 1.165) is 0 Å². The van der Waals surface area contributed by atoms with Crippen molar-refractivity contribution >= 4 is 73.7 Å². The van der Waals surface area contributed by atoms with E-state index >= 15 is 0 Å². The SMILES string of the molecule is Cc1c2c(c(C)c(-c3ccccc3)c1-c1ccccc1)C(c1ccc3c4c(cccc14)C=C3)=C1C(c3ccccc3)=C(c3ccccc3)C(c3ccc4c5c(cccc35)C=C4)=C12. The molecule has 13 rings (SSSR count). The molecule has 0 heteroatoms. The van der Waals surface area contributed by atoms with Gasteiger partial charge in [0, 0.05) is 0 Å². The number of allylic oxidation sites excluding steroid dienone is 5. The first kappa shape index (κ1) is 35.0. The van der Waals surface area contributed by atoms with Crippen LogP contribution in [0.25, 0.3) is 96.0 Å². The molecule has 0 fully saturated rings. The minimum absolute atomic E-state index is 1.22. The molecule has 0 radical (unpaired) electrons. The molecule has 0 atom stereocenters. The predicted octanol–water partition coefficient (Wildman–Crippen LogP) is 16.3. The quantitative estimate of drug-likeness (QED) is 0.158. The van der Waals surface area contributed by atoms with Gasteiger partial charge in [-0.15, -0.1) is 0 Å². The summed E-state index contributed by atoms with van der Waals surface area (Å²) in [4.78, 5) is 0. The molecule has 0 spiro atoms. The standard InChI is InChI=1S/C62H40/c1-37-51(39-17-7-3-8-18-39)52(40-19-9-4-10-20-40)38(2)54-53(37)59(49-35-33-45-31-29-43-25-15-27-47(49)55(43)45)62-58(42-23-13-6-14-24-42)57(41-21-11-5-12-22-41)60(61(54)62)50-36-34-46-32-30-44-26-16-28-48(50)56(44)46/h3-36H,1-2H3. The second kappa shape index (κ2) is 13.4. The molecule has 62 heavy (non-hydrogen) atoms. The van der Waals surface area contributed by atoms with Crippen LogP contribution in [-0.4, -0.2) is 0 Å². The molecule has 0 bridgehead atoms. The van der Waals surface area contributed by atoms with Crippen molar-refractivity contribution in [1.82, 2.24) is 0 Å². The van der Waals surface area contributed by atoms with Crippen molar-refractivity contribution in [3.63, 3.8) is 0 Å². The van der Waals surface area contributed by atoms with Gasteiger partial charge >= 0.3 is 0 Å². The van der Waals surface area contributed by atoms with Gasteiger partial charge in [0.2, 0.25) is 0 Å². The van der Waals surface area contributed by atoms with Gasteiger partial charge in [0.25, 0.3) is 0 Å². The molecule has 9 aromatic carbocycles. The van der Waals surface area contributed by atoms with Crippen LogP contribution < -0.4 is 0 Å². The molecular weight excluding hydrogens is 745 g/mol. The summed E-state index contributed by atoms with van der Waals surface area (Å²) >= 11 is 0. The van der Waals surface area contributed by atoms with Crippen molar-refractivity contribution in [1.29, 1.82) is 0 Å². The van der Waals surface area contributed by atoms with Crippen LogP contribution in [0.2, 0.25) is 0 Å². The molecule has 288 valence electrons. The van der Waals surface area contributed by atoms with Crippen LogP contribution in [0.4, 0.5) is 0 Å².